The molecule has 0 aromatic heterocycles. The van der Waals surface area contributed by atoms with E-state index in [1.54, 1.807) is 13.8 Å². The van der Waals surface area contributed by atoms with Crippen LogP contribution in [0.25, 0.3) is 0 Å². The summed E-state index contributed by atoms with van der Waals surface area (Å²) in [6, 6.07) is 19.5. The molecule has 2 unspecified atom stereocenters. The summed E-state index contributed by atoms with van der Waals surface area (Å²) in [5, 5.41) is 17.3. The minimum absolute atomic E-state index is 0.297. The third kappa shape index (κ3) is 9.13. The van der Waals surface area contributed by atoms with Gasteiger partial charge in [-0.25, -0.2) is 0 Å². The van der Waals surface area contributed by atoms with Crippen LogP contribution in [0.15, 0.2) is 60.7 Å². The molecule has 0 bridgehead atoms. The number of aliphatic hydroxyl groups is 2. The van der Waals surface area contributed by atoms with E-state index in [9.17, 15) is 0 Å². The topological polar surface area (TPSA) is 58.9 Å². The Morgan fingerprint density at radius 2 is 1.09 bits per heavy atom. The van der Waals surface area contributed by atoms with Gasteiger partial charge in [-0.05, 0) is 38.1 Å². The summed E-state index contributed by atoms with van der Waals surface area (Å²) < 4.78 is 10.4. The van der Waals surface area contributed by atoms with Crippen LogP contribution in [0, 0.1) is 0 Å². The molecule has 120 valence electrons. The van der Waals surface area contributed by atoms with Gasteiger partial charge in [0.1, 0.15) is 11.5 Å². The van der Waals surface area contributed by atoms with Gasteiger partial charge in [0.05, 0.1) is 25.4 Å². The Bertz CT molecular complexity index is 437. The van der Waals surface area contributed by atoms with E-state index in [-0.39, 0.29) is 0 Å². The maximum Gasteiger partial charge on any atom is 0.127 e. The second kappa shape index (κ2) is 10.8. The van der Waals surface area contributed by atoms with Gasteiger partial charge in [-0.1, -0.05) is 36.4 Å². The van der Waals surface area contributed by atoms with Crippen molar-refractivity contribution < 1.29 is 19.7 Å². The SMILES string of the molecule is CC(O)COCC(C)O.c1ccc(Oc2ccccc2)cc1. The van der Waals surface area contributed by atoms with Crippen LogP contribution in [-0.4, -0.2) is 35.6 Å². The van der Waals surface area contributed by atoms with Crippen LogP contribution in [0.1, 0.15) is 13.8 Å². The smallest absolute Gasteiger partial charge is 0.127 e. The Labute approximate surface area is 131 Å². The van der Waals surface area contributed by atoms with Crippen LogP contribution in [0.5, 0.6) is 11.5 Å². The molecule has 0 radical (unpaired) electrons. The maximum atomic E-state index is 8.66. The van der Waals surface area contributed by atoms with Gasteiger partial charge in [0, 0.05) is 0 Å². The van der Waals surface area contributed by atoms with Gasteiger partial charge in [-0.15, -0.1) is 0 Å². The molecule has 22 heavy (non-hydrogen) atoms. The molecular weight excluding hydrogens is 280 g/mol. The maximum absolute atomic E-state index is 8.66. The fourth-order valence-electron chi connectivity index (χ4n) is 1.52. The first-order chi connectivity index (χ1) is 10.6. The lowest BCUT2D eigenvalue weighted by atomic mass is 10.3. The van der Waals surface area contributed by atoms with Crippen molar-refractivity contribution in [3.63, 3.8) is 0 Å². The van der Waals surface area contributed by atoms with Gasteiger partial charge < -0.3 is 19.7 Å². The summed E-state index contributed by atoms with van der Waals surface area (Å²) in [5.41, 5.74) is 0. The molecule has 2 aromatic carbocycles. The number of para-hydroxylation sites is 2. The number of ether oxygens (including phenoxy) is 2. The summed E-state index contributed by atoms with van der Waals surface area (Å²) in [7, 11) is 0. The molecule has 0 saturated heterocycles. The fourth-order valence-corrected chi connectivity index (χ4v) is 1.52. The molecule has 0 heterocycles. The molecule has 2 atom stereocenters. The van der Waals surface area contributed by atoms with Crippen molar-refractivity contribution in [2.75, 3.05) is 13.2 Å². The predicted octanol–water partition coefficient (Wildman–Crippen LogP) is 3.24. The highest BCUT2D eigenvalue weighted by Crippen LogP contribution is 2.19. The molecule has 0 aliphatic rings. The molecular formula is C18H24O4. The Balaban J connectivity index is 0.000000239. The molecule has 0 fully saturated rings. The molecule has 0 aliphatic carbocycles. The second-order valence-corrected chi connectivity index (χ2v) is 4.96. The van der Waals surface area contributed by atoms with Gasteiger partial charge in [-0.2, -0.15) is 0 Å². The third-order valence-corrected chi connectivity index (χ3v) is 2.44. The van der Waals surface area contributed by atoms with Crippen molar-refractivity contribution in [1.82, 2.24) is 0 Å². The number of rotatable bonds is 6. The summed E-state index contributed by atoms with van der Waals surface area (Å²) in [4.78, 5) is 0. The minimum atomic E-state index is -0.441. The zero-order valence-corrected chi connectivity index (χ0v) is 13.1. The second-order valence-electron chi connectivity index (χ2n) is 4.96. The third-order valence-electron chi connectivity index (χ3n) is 2.44. The van der Waals surface area contributed by atoms with E-state index in [1.165, 1.54) is 0 Å². The Morgan fingerprint density at radius 3 is 1.41 bits per heavy atom. The van der Waals surface area contributed by atoms with Crippen molar-refractivity contribution in [3.8, 4) is 11.5 Å². The largest absolute Gasteiger partial charge is 0.457 e. The Morgan fingerprint density at radius 1 is 0.727 bits per heavy atom. The molecule has 4 heteroatoms. The monoisotopic (exact) mass is 304 g/mol. The number of benzene rings is 2. The first-order valence-electron chi connectivity index (χ1n) is 7.29. The van der Waals surface area contributed by atoms with Crippen molar-refractivity contribution >= 4 is 0 Å². The van der Waals surface area contributed by atoms with E-state index in [0.717, 1.165) is 11.5 Å². The van der Waals surface area contributed by atoms with Crippen molar-refractivity contribution in [1.29, 1.82) is 0 Å². The van der Waals surface area contributed by atoms with Crippen LogP contribution in [0.4, 0.5) is 0 Å². The highest BCUT2D eigenvalue weighted by atomic mass is 16.5. The van der Waals surface area contributed by atoms with E-state index >= 15 is 0 Å². The van der Waals surface area contributed by atoms with Gasteiger partial charge in [0.2, 0.25) is 0 Å². The quantitative estimate of drug-likeness (QED) is 0.860. The average molecular weight is 304 g/mol. The minimum Gasteiger partial charge on any atom is -0.457 e. The summed E-state index contributed by atoms with van der Waals surface area (Å²) in [5.74, 6) is 1.74. The summed E-state index contributed by atoms with van der Waals surface area (Å²) >= 11 is 0. The van der Waals surface area contributed by atoms with Crippen LogP contribution in [0.2, 0.25) is 0 Å². The fraction of sp³-hybridized carbons (Fsp3) is 0.333. The highest BCUT2D eigenvalue weighted by molar-refractivity contribution is 5.30. The summed E-state index contributed by atoms with van der Waals surface area (Å²) in [6.07, 6.45) is -0.882. The zero-order chi connectivity index (χ0) is 16.2. The number of hydrogen-bond donors (Lipinski definition) is 2. The van der Waals surface area contributed by atoms with Crippen molar-refractivity contribution in [2.45, 2.75) is 26.1 Å². The highest BCUT2D eigenvalue weighted by Gasteiger charge is 1.97. The Hall–Kier alpha value is -1.88. The molecule has 0 amide bonds. The van der Waals surface area contributed by atoms with Crippen LogP contribution >= 0.6 is 0 Å². The predicted molar refractivity (Wildman–Crippen MR) is 87.1 cm³/mol. The van der Waals surface area contributed by atoms with Crippen LogP contribution in [-0.2, 0) is 4.74 Å². The molecule has 2 aromatic rings. The summed E-state index contributed by atoms with van der Waals surface area (Å²) in [6.45, 7) is 3.87. The van der Waals surface area contributed by atoms with Crippen molar-refractivity contribution in [3.05, 3.63) is 60.7 Å². The molecule has 2 rings (SSSR count). The molecule has 0 aliphatic heterocycles. The van der Waals surface area contributed by atoms with Gasteiger partial charge in [0.15, 0.2) is 0 Å². The average Bonchev–Trinajstić information content (AvgIpc) is 2.49. The van der Waals surface area contributed by atoms with E-state index < -0.39 is 12.2 Å². The molecule has 0 spiro atoms. The van der Waals surface area contributed by atoms with Gasteiger partial charge in [-0.3, -0.25) is 0 Å². The van der Waals surface area contributed by atoms with E-state index in [1.807, 2.05) is 60.7 Å². The standard InChI is InChI=1S/C12H10O.C6H14O3/c1-3-7-11(8-4-1)13-12-9-5-2-6-10-12;1-5(7)3-9-4-6(2)8/h1-10H;5-8H,3-4H2,1-2H3. The van der Waals surface area contributed by atoms with Gasteiger partial charge in [0.25, 0.3) is 0 Å². The van der Waals surface area contributed by atoms with Crippen molar-refractivity contribution in [2.24, 2.45) is 0 Å². The normalized spacial score (nSPS) is 12.7. The van der Waals surface area contributed by atoms with Crippen LogP contribution in [0.3, 0.4) is 0 Å². The zero-order valence-electron chi connectivity index (χ0n) is 13.1. The van der Waals surface area contributed by atoms with E-state index in [2.05, 4.69) is 0 Å². The van der Waals surface area contributed by atoms with Crippen LogP contribution < -0.4 is 4.74 Å². The van der Waals surface area contributed by atoms with E-state index in [0.29, 0.717) is 13.2 Å². The number of hydrogen-bond acceptors (Lipinski definition) is 4. The molecule has 4 nitrogen and oxygen atoms in total. The molecule has 0 saturated carbocycles. The first kappa shape index (κ1) is 18.2. The molecule has 2 N–H and O–H groups in total. The Kier molecular flexibility index (Phi) is 8.91. The lowest BCUT2D eigenvalue weighted by Crippen LogP contribution is -2.16. The first-order valence-corrected chi connectivity index (χ1v) is 7.29. The lowest BCUT2D eigenvalue weighted by molar-refractivity contribution is 0.00392. The van der Waals surface area contributed by atoms with Gasteiger partial charge >= 0.3 is 0 Å². The number of aliphatic hydroxyl groups excluding tert-OH is 2. The van der Waals surface area contributed by atoms with E-state index in [4.69, 9.17) is 19.7 Å². The lowest BCUT2D eigenvalue weighted by Gasteiger charge is -2.06.